The van der Waals surface area contributed by atoms with Crippen molar-refractivity contribution in [3.05, 3.63) is 0 Å². The molecule has 0 radical (unpaired) electrons. The van der Waals surface area contributed by atoms with Gasteiger partial charge in [0.2, 0.25) is 5.91 Å². The summed E-state index contributed by atoms with van der Waals surface area (Å²) in [5.74, 6) is 0.536. The second-order valence-electron chi connectivity index (χ2n) is 4.64. The van der Waals surface area contributed by atoms with Crippen LogP contribution in [0.25, 0.3) is 0 Å². The number of unbranched alkanes of at least 4 members (excludes halogenated alkanes) is 2. The summed E-state index contributed by atoms with van der Waals surface area (Å²) < 4.78 is 4.55. The highest BCUT2D eigenvalue weighted by Crippen LogP contribution is 2.09. The molecule has 0 aromatic rings. The van der Waals surface area contributed by atoms with Gasteiger partial charge >= 0.3 is 5.97 Å². The lowest BCUT2D eigenvalue weighted by atomic mass is 10.0. The second kappa shape index (κ2) is 11.8. The molecule has 1 unspecified atom stereocenters. The average Bonchev–Trinajstić information content (AvgIpc) is 2.42. The molecule has 5 nitrogen and oxygen atoms in total. The van der Waals surface area contributed by atoms with Crippen molar-refractivity contribution in [3.8, 4) is 0 Å². The van der Waals surface area contributed by atoms with Gasteiger partial charge in [-0.3, -0.25) is 14.4 Å². The lowest BCUT2D eigenvalue weighted by molar-refractivity contribution is -0.140. The zero-order chi connectivity index (χ0) is 15.4. The number of Topliss-reactive ketones (excluding diaryl/α,β-unsaturated/α-hetero) is 1. The fraction of sp³-hybridized carbons (Fsp3) is 0.786. The van der Waals surface area contributed by atoms with Crippen LogP contribution in [0.3, 0.4) is 0 Å². The zero-order valence-electron chi connectivity index (χ0n) is 12.6. The van der Waals surface area contributed by atoms with Gasteiger partial charge in [0, 0.05) is 19.8 Å². The Kier molecular flexibility index (Phi) is 11.1. The normalized spacial score (nSPS) is 11.8. The molecule has 1 amide bonds. The summed E-state index contributed by atoms with van der Waals surface area (Å²) in [6, 6.07) is -0.374. The molecule has 116 valence electrons. The van der Waals surface area contributed by atoms with E-state index in [1.54, 1.807) is 11.8 Å². The van der Waals surface area contributed by atoms with Crippen LogP contribution in [0.4, 0.5) is 0 Å². The number of hydrogen-bond acceptors (Lipinski definition) is 5. The fourth-order valence-corrected chi connectivity index (χ4v) is 2.29. The number of carbonyl (C=O) groups excluding carboxylic acids is 3. The van der Waals surface area contributed by atoms with Crippen LogP contribution in [0.2, 0.25) is 0 Å². The van der Waals surface area contributed by atoms with Crippen LogP contribution < -0.4 is 5.32 Å². The number of esters is 1. The van der Waals surface area contributed by atoms with Gasteiger partial charge < -0.3 is 10.1 Å². The molecule has 0 saturated heterocycles. The average molecular weight is 303 g/mol. The standard InChI is InChI=1S/C14H25NO4S/c1-11(16)15-12(9-10-20-3)13(17)7-5-4-6-8-14(18)19-2/h12H,4-10H2,1-3H3,(H,15,16). The number of nitrogens with one attached hydrogen (secondary N) is 1. The van der Waals surface area contributed by atoms with E-state index in [2.05, 4.69) is 10.1 Å². The van der Waals surface area contributed by atoms with E-state index in [0.717, 1.165) is 25.0 Å². The Bertz CT molecular complexity index is 320. The highest BCUT2D eigenvalue weighted by molar-refractivity contribution is 7.98. The minimum absolute atomic E-state index is 0.0762. The van der Waals surface area contributed by atoms with E-state index in [4.69, 9.17) is 0 Å². The minimum Gasteiger partial charge on any atom is -0.469 e. The molecule has 0 bridgehead atoms. The number of rotatable bonds is 11. The third kappa shape index (κ3) is 9.83. The smallest absolute Gasteiger partial charge is 0.305 e. The van der Waals surface area contributed by atoms with Crippen LogP contribution in [0.5, 0.6) is 0 Å². The molecule has 0 aliphatic carbocycles. The van der Waals surface area contributed by atoms with Crippen molar-refractivity contribution >= 4 is 29.4 Å². The van der Waals surface area contributed by atoms with E-state index in [1.165, 1.54) is 14.0 Å². The maximum Gasteiger partial charge on any atom is 0.305 e. The molecule has 0 aromatic carbocycles. The Balaban J connectivity index is 3.93. The Morgan fingerprint density at radius 3 is 2.35 bits per heavy atom. The summed E-state index contributed by atoms with van der Waals surface area (Å²) in [4.78, 5) is 34.0. The molecule has 0 heterocycles. The Morgan fingerprint density at radius 1 is 1.15 bits per heavy atom. The predicted molar refractivity (Wildman–Crippen MR) is 80.7 cm³/mol. The van der Waals surface area contributed by atoms with Gasteiger partial charge in [0.15, 0.2) is 5.78 Å². The molecule has 0 aliphatic rings. The zero-order valence-corrected chi connectivity index (χ0v) is 13.4. The summed E-state index contributed by atoms with van der Waals surface area (Å²) in [6.45, 7) is 1.43. The quantitative estimate of drug-likeness (QED) is 0.466. The number of hydrogen-bond donors (Lipinski definition) is 1. The van der Waals surface area contributed by atoms with E-state index in [1.807, 2.05) is 6.26 Å². The third-order valence-electron chi connectivity index (χ3n) is 2.91. The SMILES string of the molecule is COC(=O)CCCCCC(=O)C(CCSC)NC(C)=O. The molecule has 6 heteroatoms. The van der Waals surface area contributed by atoms with Crippen molar-refractivity contribution in [1.82, 2.24) is 5.32 Å². The van der Waals surface area contributed by atoms with Crippen LogP contribution in [0.1, 0.15) is 45.4 Å². The molecule has 0 rings (SSSR count). The van der Waals surface area contributed by atoms with Gasteiger partial charge in [-0.05, 0) is 31.3 Å². The number of thioether (sulfide) groups is 1. The van der Waals surface area contributed by atoms with E-state index in [-0.39, 0.29) is 23.7 Å². The predicted octanol–water partition coefficient (Wildman–Crippen LogP) is 1.94. The Labute approximate surface area is 125 Å². The molecule has 0 aromatic heterocycles. The fourth-order valence-electron chi connectivity index (χ4n) is 1.82. The molecule has 20 heavy (non-hydrogen) atoms. The van der Waals surface area contributed by atoms with Gasteiger partial charge in [-0.2, -0.15) is 11.8 Å². The first kappa shape index (κ1) is 19.0. The minimum atomic E-state index is -0.374. The van der Waals surface area contributed by atoms with Crippen molar-refractivity contribution in [2.24, 2.45) is 0 Å². The Morgan fingerprint density at radius 2 is 1.80 bits per heavy atom. The van der Waals surface area contributed by atoms with E-state index >= 15 is 0 Å². The molecule has 0 saturated carbocycles. The monoisotopic (exact) mass is 303 g/mol. The molecule has 1 atom stereocenters. The number of ketones is 1. The topological polar surface area (TPSA) is 72.5 Å². The van der Waals surface area contributed by atoms with Gasteiger partial charge in [0.1, 0.15) is 0 Å². The van der Waals surface area contributed by atoms with Gasteiger partial charge in [-0.15, -0.1) is 0 Å². The van der Waals surface area contributed by atoms with Crippen molar-refractivity contribution < 1.29 is 19.1 Å². The van der Waals surface area contributed by atoms with E-state index in [9.17, 15) is 14.4 Å². The molecule has 1 N–H and O–H groups in total. The van der Waals surface area contributed by atoms with Crippen molar-refractivity contribution in [2.45, 2.75) is 51.5 Å². The van der Waals surface area contributed by atoms with Crippen LogP contribution in [-0.4, -0.2) is 42.8 Å². The maximum atomic E-state index is 12.0. The summed E-state index contributed by atoms with van der Waals surface area (Å²) in [6.07, 6.45) is 5.77. The van der Waals surface area contributed by atoms with Crippen molar-refractivity contribution in [2.75, 3.05) is 19.1 Å². The van der Waals surface area contributed by atoms with Crippen LogP contribution in [0, 0.1) is 0 Å². The van der Waals surface area contributed by atoms with Crippen LogP contribution in [-0.2, 0) is 19.1 Å². The largest absolute Gasteiger partial charge is 0.469 e. The number of ether oxygens (including phenoxy) is 1. The first-order chi connectivity index (χ1) is 9.51. The van der Waals surface area contributed by atoms with Crippen LogP contribution >= 0.6 is 11.8 Å². The summed E-state index contributed by atoms with van der Waals surface area (Å²) in [7, 11) is 1.37. The van der Waals surface area contributed by atoms with Crippen LogP contribution in [0.15, 0.2) is 0 Å². The molecule has 0 spiro atoms. The van der Waals surface area contributed by atoms with Crippen molar-refractivity contribution in [3.63, 3.8) is 0 Å². The highest BCUT2D eigenvalue weighted by Gasteiger charge is 2.18. The van der Waals surface area contributed by atoms with Gasteiger partial charge in [-0.1, -0.05) is 6.42 Å². The number of carbonyl (C=O) groups is 3. The second-order valence-corrected chi connectivity index (χ2v) is 5.62. The first-order valence-electron chi connectivity index (χ1n) is 6.86. The van der Waals surface area contributed by atoms with E-state index < -0.39 is 0 Å². The van der Waals surface area contributed by atoms with Gasteiger partial charge in [-0.25, -0.2) is 0 Å². The molecule has 0 fully saturated rings. The molecule has 0 aliphatic heterocycles. The highest BCUT2D eigenvalue weighted by atomic mass is 32.2. The Hall–Kier alpha value is -1.04. The first-order valence-corrected chi connectivity index (χ1v) is 8.26. The summed E-state index contributed by atoms with van der Waals surface area (Å²) in [5.41, 5.74) is 0. The lowest BCUT2D eigenvalue weighted by Crippen LogP contribution is -2.40. The lowest BCUT2D eigenvalue weighted by Gasteiger charge is -2.16. The van der Waals surface area contributed by atoms with Gasteiger partial charge in [0.05, 0.1) is 13.2 Å². The maximum absolute atomic E-state index is 12.0. The molecular weight excluding hydrogens is 278 g/mol. The van der Waals surface area contributed by atoms with E-state index in [0.29, 0.717) is 19.3 Å². The van der Waals surface area contributed by atoms with Gasteiger partial charge in [0.25, 0.3) is 0 Å². The van der Waals surface area contributed by atoms with Crippen molar-refractivity contribution in [1.29, 1.82) is 0 Å². The number of methoxy groups -OCH3 is 1. The summed E-state index contributed by atoms with van der Waals surface area (Å²) in [5, 5.41) is 2.71. The third-order valence-corrected chi connectivity index (χ3v) is 3.55. The number of amides is 1. The molecular formula is C14H25NO4S. The summed E-state index contributed by atoms with van der Waals surface area (Å²) >= 11 is 1.66.